The Morgan fingerprint density at radius 1 is 0.833 bits per heavy atom. The lowest BCUT2D eigenvalue weighted by molar-refractivity contribution is -0.147. The van der Waals surface area contributed by atoms with Gasteiger partial charge in [-0.2, -0.15) is 0 Å². The van der Waals surface area contributed by atoms with E-state index >= 15 is 0 Å². The Kier molecular flexibility index (Phi) is 9.76. The second-order valence-electron chi connectivity index (χ2n) is 4.73. The Morgan fingerprint density at radius 3 is 1.88 bits per heavy atom. The molecular weight excluding hydrogens is 324 g/mol. The van der Waals surface area contributed by atoms with Gasteiger partial charge in [-0.15, -0.1) is 0 Å². The highest BCUT2D eigenvalue weighted by molar-refractivity contribution is 5.93. The third kappa shape index (κ3) is 8.11. The van der Waals surface area contributed by atoms with Crippen molar-refractivity contribution >= 4 is 29.7 Å². The number of esters is 3. The summed E-state index contributed by atoms with van der Waals surface area (Å²) in [5.74, 6) is -3.37. The van der Waals surface area contributed by atoms with Gasteiger partial charge in [0.2, 0.25) is 11.8 Å². The molecule has 0 rings (SSSR count). The van der Waals surface area contributed by atoms with Crippen LogP contribution in [-0.2, 0) is 38.2 Å². The highest BCUT2D eigenvalue weighted by Crippen LogP contribution is 2.04. The normalized spacial score (nSPS) is 12.3. The zero-order valence-corrected chi connectivity index (χ0v) is 14.0. The molecule has 0 aromatic heterocycles. The smallest absolute Gasteiger partial charge is 0.328 e. The summed E-state index contributed by atoms with van der Waals surface area (Å²) in [6, 6.07) is -2.35. The summed E-state index contributed by atoms with van der Waals surface area (Å²) in [5.41, 5.74) is 0. The van der Waals surface area contributed by atoms with Crippen LogP contribution in [0.15, 0.2) is 0 Å². The van der Waals surface area contributed by atoms with E-state index in [9.17, 15) is 24.0 Å². The van der Waals surface area contributed by atoms with E-state index in [1.54, 1.807) is 0 Å². The lowest BCUT2D eigenvalue weighted by Gasteiger charge is -2.21. The Morgan fingerprint density at radius 2 is 1.42 bits per heavy atom. The number of hydrogen-bond acceptors (Lipinski definition) is 8. The van der Waals surface area contributed by atoms with E-state index < -0.39 is 48.2 Å². The van der Waals surface area contributed by atoms with E-state index in [2.05, 4.69) is 24.8 Å². The molecule has 0 radical (unpaired) electrons. The number of ether oxygens (including phenoxy) is 3. The van der Waals surface area contributed by atoms with Crippen LogP contribution in [0.2, 0.25) is 0 Å². The highest BCUT2D eigenvalue weighted by Gasteiger charge is 2.29. The monoisotopic (exact) mass is 346 g/mol. The fourth-order valence-corrected chi connectivity index (χ4v) is 1.73. The molecule has 10 nitrogen and oxygen atoms in total. The molecule has 136 valence electrons. The van der Waals surface area contributed by atoms with Gasteiger partial charge in [-0.1, -0.05) is 0 Å². The fraction of sp³-hybridized carbons (Fsp3) is 0.643. The summed E-state index contributed by atoms with van der Waals surface area (Å²) in [6.45, 7) is 1.17. The number of carbonyl (C=O) groups excluding carboxylic acids is 5. The number of methoxy groups -OCH3 is 3. The van der Waals surface area contributed by atoms with Crippen LogP contribution < -0.4 is 10.6 Å². The maximum Gasteiger partial charge on any atom is 0.328 e. The average molecular weight is 346 g/mol. The summed E-state index contributed by atoms with van der Waals surface area (Å²) < 4.78 is 13.5. The summed E-state index contributed by atoms with van der Waals surface area (Å²) in [6.07, 6.45) is -0.596. The summed E-state index contributed by atoms with van der Waals surface area (Å²) >= 11 is 0. The van der Waals surface area contributed by atoms with E-state index in [4.69, 9.17) is 0 Å². The third-order valence-corrected chi connectivity index (χ3v) is 2.96. The number of amides is 2. The van der Waals surface area contributed by atoms with Crippen LogP contribution >= 0.6 is 0 Å². The molecule has 2 N–H and O–H groups in total. The highest BCUT2D eigenvalue weighted by atomic mass is 16.5. The van der Waals surface area contributed by atoms with Gasteiger partial charge in [0.15, 0.2) is 0 Å². The predicted molar refractivity (Wildman–Crippen MR) is 79.4 cm³/mol. The van der Waals surface area contributed by atoms with Crippen molar-refractivity contribution in [2.75, 3.05) is 21.3 Å². The molecule has 0 saturated heterocycles. The van der Waals surface area contributed by atoms with Crippen LogP contribution in [0.3, 0.4) is 0 Å². The predicted octanol–water partition coefficient (Wildman–Crippen LogP) is -1.33. The van der Waals surface area contributed by atoms with E-state index in [0.29, 0.717) is 0 Å². The van der Waals surface area contributed by atoms with Crippen molar-refractivity contribution in [1.29, 1.82) is 0 Å². The fourth-order valence-electron chi connectivity index (χ4n) is 1.73. The molecule has 0 unspecified atom stereocenters. The molecule has 24 heavy (non-hydrogen) atoms. The molecule has 0 saturated carbocycles. The molecule has 2 atom stereocenters. The molecule has 2 amide bonds. The van der Waals surface area contributed by atoms with Crippen LogP contribution in [0, 0.1) is 0 Å². The molecule has 0 spiro atoms. The third-order valence-electron chi connectivity index (χ3n) is 2.96. The Labute approximate surface area is 139 Å². The molecule has 0 aliphatic rings. The van der Waals surface area contributed by atoms with Gasteiger partial charge >= 0.3 is 17.9 Å². The van der Waals surface area contributed by atoms with E-state index in [1.165, 1.54) is 14.0 Å². The number of nitrogens with one attached hydrogen (secondary N) is 2. The molecular formula is C14H22N2O8. The standard InChI is InChI=1S/C14H22N2O8/c1-8(17)15-10(7-12(19)23-3)13(20)16-9(14(21)24-4)5-6-11(18)22-2/h9-10H,5-7H2,1-4H3,(H,15,17)(H,16,20)/t9-,10-/m0/s1. The van der Waals surface area contributed by atoms with Gasteiger partial charge in [0.05, 0.1) is 27.8 Å². The van der Waals surface area contributed by atoms with Crippen LogP contribution in [0.5, 0.6) is 0 Å². The van der Waals surface area contributed by atoms with Crippen molar-refractivity contribution in [1.82, 2.24) is 10.6 Å². The molecule has 0 aliphatic carbocycles. The Bertz CT molecular complexity index is 491. The molecule has 0 bridgehead atoms. The molecule has 10 heteroatoms. The average Bonchev–Trinajstić information content (AvgIpc) is 2.55. The topological polar surface area (TPSA) is 137 Å². The first-order chi connectivity index (χ1) is 11.2. The Hall–Kier alpha value is -2.65. The minimum Gasteiger partial charge on any atom is -0.469 e. The molecule has 0 aromatic rings. The van der Waals surface area contributed by atoms with Gasteiger partial charge in [-0.3, -0.25) is 19.2 Å². The second kappa shape index (κ2) is 11.0. The SMILES string of the molecule is COC(=O)CC[C@H](NC(=O)[C@H](CC(=O)OC)NC(C)=O)C(=O)OC. The first kappa shape index (κ1) is 21.4. The van der Waals surface area contributed by atoms with E-state index in [-0.39, 0.29) is 12.8 Å². The van der Waals surface area contributed by atoms with E-state index in [0.717, 1.165) is 14.2 Å². The van der Waals surface area contributed by atoms with Gasteiger partial charge < -0.3 is 24.8 Å². The summed E-state index contributed by atoms with van der Waals surface area (Å²) in [7, 11) is 3.45. The van der Waals surface area contributed by atoms with Crippen LogP contribution in [-0.4, -0.2) is 63.1 Å². The first-order valence-corrected chi connectivity index (χ1v) is 7.04. The van der Waals surface area contributed by atoms with Gasteiger partial charge in [0.1, 0.15) is 12.1 Å². The van der Waals surface area contributed by atoms with Crippen LogP contribution in [0.25, 0.3) is 0 Å². The van der Waals surface area contributed by atoms with Gasteiger partial charge in [-0.25, -0.2) is 4.79 Å². The summed E-state index contributed by atoms with van der Waals surface area (Å²) in [4.78, 5) is 57.6. The Balaban J connectivity index is 4.99. The zero-order valence-electron chi connectivity index (χ0n) is 14.0. The molecule has 0 heterocycles. The first-order valence-electron chi connectivity index (χ1n) is 7.04. The van der Waals surface area contributed by atoms with Gasteiger partial charge in [-0.05, 0) is 6.42 Å². The van der Waals surface area contributed by atoms with Crippen LogP contribution in [0.4, 0.5) is 0 Å². The second-order valence-corrected chi connectivity index (χ2v) is 4.73. The van der Waals surface area contributed by atoms with Crippen molar-refractivity contribution < 1.29 is 38.2 Å². The van der Waals surface area contributed by atoms with Crippen molar-refractivity contribution in [2.45, 2.75) is 38.3 Å². The number of hydrogen-bond donors (Lipinski definition) is 2. The van der Waals surface area contributed by atoms with Crippen LogP contribution in [0.1, 0.15) is 26.2 Å². The quantitative estimate of drug-likeness (QED) is 0.387. The number of carbonyl (C=O) groups is 5. The maximum absolute atomic E-state index is 12.2. The molecule has 0 aliphatic heterocycles. The van der Waals surface area contributed by atoms with Crippen molar-refractivity contribution in [3.05, 3.63) is 0 Å². The molecule has 0 fully saturated rings. The molecule has 0 aromatic carbocycles. The van der Waals surface area contributed by atoms with Gasteiger partial charge in [0.25, 0.3) is 0 Å². The van der Waals surface area contributed by atoms with Gasteiger partial charge in [0, 0.05) is 13.3 Å². The minimum absolute atomic E-state index is 0.0594. The van der Waals surface area contributed by atoms with E-state index in [1.807, 2.05) is 0 Å². The largest absolute Gasteiger partial charge is 0.469 e. The summed E-state index contributed by atoms with van der Waals surface area (Å²) in [5, 5.41) is 4.63. The maximum atomic E-state index is 12.2. The minimum atomic E-state index is -1.22. The van der Waals surface area contributed by atoms with Crippen molar-refractivity contribution in [3.8, 4) is 0 Å². The number of rotatable bonds is 9. The lowest BCUT2D eigenvalue weighted by atomic mass is 10.1. The van der Waals surface area contributed by atoms with Crippen molar-refractivity contribution in [2.24, 2.45) is 0 Å². The zero-order chi connectivity index (χ0) is 18.7. The lowest BCUT2D eigenvalue weighted by Crippen LogP contribution is -2.52. The van der Waals surface area contributed by atoms with Crippen molar-refractivity contribution in [3.63, 3.8) is 0 Å².